The Hall–Kier alpha value is -0.450. The number of rotatable bonds is 10. The Labute approximate surface area is 137 Å². The molecule has 0 saturated carbocycles. The van der Waals surface area contributed by atoms with Crippen molar-refractivity contribution in [2.45, 2.75) is 46.1 Å². The third-order valence-corrected chi connectivity index (χ3v) is 4.34. The zero-order valence-corrected chi connectivity index (χ0v) is 15.0. The molecule has 0 aromatic heterocycles. The molecule has 21 heavy (non-hydrogen) atoms. The van der Waals surface area contributed by atoms with Gasteiger partial charge in [-0.15, -0.1) is 0 Å². The van der Waals surface area contributed by atoms with Gasteiger partial charge in [-0.25, -0.2) is 4.39 Å². The Kier molecular flexibility index (Phi) is 9.13. The van der Waals surface area contributed by atoms with E-state index in [1.54, 1.807) is 12.1 Å². The second kappa shape index (κ2) is 10.3. The van der Waals surface area contributed by atoms with Crippen LogP contribution in [-0.2, 0) is 6.42 Å². The summed E-state index contributed by atoms with van der Waals surface area (Å²) in [4.78, 5) is 2.41. The number of nitrogens with one attached hydrogen (secondary N) is 1. The summed E-state index contributed by atoms with van der Waals surface area (Å²) >= 11 is 3.43. The van der Waals surface area contributed by atoms with Crippen LogP contribution in [0.3, 0.4) is 0 Å². The maximum atomic E-state index is 13.9. The standard InChI is InChI=1S/C17H28BrFN2/c1-4-10-20-16(9-11-21(5-2)6-3)13-14-12-15(18)7-8-17(14)19/h7-8,12,16,20H,4-6,9-11,13H2,1-3H3. The SMILES string of the molecule is CCCNC(CCN(CC)CC)Cc1cc(Br)ccc1F. The van der Waals surface area contributed by atoms with E-state index in [2.05, 4.69) is 46.9 Å². The number of benzene rings is 1. The summed E-state index contributed by atoms with van der Waals surface area (Å²) in [5.74, 6) is -0.107. The quantitative estimate of drug-likeness (QED) is 0.673. The van der Waals surface area contributed by atoms with Crippen molar-refractivity contribution in [3.05, 3.63) is 34.1 Å². The van der Waals surface area contributed by atoms with Crippen LogP contribution in [0.2, 0.25) is 0 Å². The number of halogens is 2. The molecule has 0 spiro atoms. The van der Waals surface area contributed by atoms with Gasteiger partial charge >= 0.3 is 0 Å². The van der Waals surface area contributed by atoms with Crippen LogP contribution < -0.4 is 5.32 Å². The summed E-state index contributed by atoms with van der Waals surface area (Å²) in [6.45, 7) is 10.7. The van der Waals surface area contributed by atoms with Crippen molar-refractivity contribution in [2.24, 2.45) is 0 Å². The van der Waals surface area contributed by atoms with Crippen molar-refractivity contribution in [3.63, 3.8) is 0 Å². The van der Waals surface area contributed by atoms with E-state index in [-0.39, 0.29) is 5.82 Å². The molecular weight excluding hydrogens is 331 g/mol. The molecule has 1 N–H and O–H groups in total. The maximum absolute atomic E-state index is 13.9. The number of hydrogen-bond acceptors (Lipinski definition) is 2. The van der Waals surface area contributed by atoms with Gasteiger partial charge in [-0.2, -0.15) is 0 Å². The highest BCUT2D eigenvalue weighted by Gasteiger charge is 2.13. The summed E-state index contributed by atoms with van der Waals surface area (Å²) in [6.07, 6.45) is 2.89. The zero-order valence-electron chi connectivity index (χ0n) is 13.5. The third kappa shape index (κ3) is 6.90. The lowest BCUT2D eigenvalue weighted by molar-refractivity contribution is 0.280. The van der Waals surface area contributed by atoms with Gasteiger partial charge in [0.15, 0.2) is 0 Å². The molecule has 0 radical (unpaired) electrons. The van der Waals surface area contributed by atoms with Crippen LogP contribution in [0.5, 0.6) is 0 Å². The maximum Gasteiger partial charge on any atom is 0.126 e. The fraction of sp³-hybridized carbons (Fsp3) is 0.647. The minimum Gasteiger partial charge on any atom is -0.314 e. The molecule has 0 aliphatic heterocycles. The highest BCUT2D eigenvalue weighted by atomic mass is 79.9. The van der Waals surface area contributed by atoms with Crippen LogP contribution in [0.15, 0.2) is 22.7 Å². The largest absolute Gasteiger partial charge is 0.314 e. The van der Waals surface area contributed by atoms with Gasteiger partial charge in [-0.3, -0.25) is 0 Å². The predicted molar refractivity (Wildman–Crippen MR) is 92.3 cm³/mol. The molecule has 0 saturated heterocycles. The second-order valence-corrected chi connectivity index (χ2v) is 6.32. The lowest BCUT2D eigenvalue weighted by Crippen LogP contribution is -2.36. The van der Waals surface area contributed by atoms with Crippen molar-refractivity contribution < 1.29 is 4.39 Å². The normalized spacial score (nSPS) is 12.9. The molecule has 0 bridgehead atoms. The lowest BCUT2D eigenvalue weighted by Gasteiger charge is -2.24. The highest BCUT2D eigenvalue weighted by molar-refractivity contribution is 9.10. The molecule has 0 heterocycles. The molecule has 4 heteroatoms. The van der Waals surface area contributed by atoms with Gasteiger partial charge in [0.25, 0.3) is 0 Å². The molecule has 2 nitrogen and oxygen atoms in total. The number of nitrogens with zero attached hydrogens (tertiary/aromatic N) is 1. The van der Waals surface area contributed by atoms with E-state index in [0.29, 0.717) is 6.04 Å². The minimum atomic E-state index is -0.107. The van der Waals surface area contributed by atoms with E-state index in [1.807, 2.05) is 6.07 Å². The van der Waals surface area contributed by atoms with E-state index < -0.39 is 0 Å². The second-order valence-electron chi connectivity index (χ2n) is 5.41. The van der Waals surface area contributed by atoms with Crippen LogP contribution >= 0.6 is 15.9 Å². The Morgan fingerprint density at radius 3 is 2.57 bits per heavy atom. The van der Waals surface area contributed by atoms with E-state index >= 15 is 0 Å². The fourth-order valence-electron chi connectivity index (χ4n) is 2.47. The summed E-state index contributed by atoms with van der Waals surface area (Å²) in [5, 5.41) is 3.56. The van der Waals surface area contributed by atoms with Gasteiger partial charge in [0.2, 0.25) is 0 Å². The monoisotopic (exact) mass is 358 g/mol. The topological polar surface area (TPSA) is 15.3 Å². The van der Waals surface area contributed by atoms with E-state index in [4.69, 9.17) is 0 Å². The van der Waals surface area contributed by atoms with Crippen molar-refractivity contribution in [1.82, 2.24) is 10.2 Å². The first-order chi connectivity index (χ1) is 10.1. The Morgan fingerprint density at radius 2 is 1.95 bits per heavy atom. The molecule has 1 rings (SSSR count). The zero-order chi connectivity index (χ0) is 15.7. The van der Waals surface area contributed by atoms with Crippen LogP contribution in [0.1, 0.15) is 39.2 Å². The third-order valence-electron chi connectivity index (χ3n) is 3.85. The van der Waals surface area contributed by atoms with Gasteiger partial charge in [-0.05, 0) is 69.2 Å². The summed E-state index contributed by atoms with van der Waals surface area (Å²) in [5.41, 5.74) is 0.789. The van der Waals surface area contributed by atoms with E-state index in [1.165, 1.54) is 0 Å². The first-order valence-electron chi connectivity index (χ1n) is 8.00. The predicted octanol–water partition coefficient (Wildman–Crippen LogP) is 4.23. The van der Waals surface area contributed by atoms with Crippen LogP contribution in [0.4, 0.5) is 4.39 Å². The molecule has 0 aliphatic rings. The van der Waals surface area contributed by atoms with Crippen LogP contribution in [0, 0.1) is 5.82 Å². The highest BCUT2D eigenvalue weighted by Crippen LogP contribution is 2.18. The number of hydrogen-bond donors (Lipinski definition) is 1. The summed E-state index contributed by atoms with van der Waals surface area (Å²) < 4.78 is 14.9. The molecule has 0 fully saturated rings. The summed E-state index contributed by atoms with van der Waals surface area (Å²) in [7, 11) is 0. The van der Waals surface area contributed by atoms with E-state index in [0.717, 1.165) is 55.5 Å². The van der Waals surface area contributed by atoms with Gasteiger partial charge in [0.05, 0.1) is 0 Å². The molecule has 0 aliphatic carbocycles. The van der Waals surface area contributed by atoms with Crippen molar-refractivity contribution >= 4 is 15.9 Å². The molecule has 1 unspecified atom stereocenters. The van der Waals surface area contributed by atoms with Crippen LogP contribution in [0.25, 0.3) is 0 Å². The van der Waals surface area contributed by atoms with Crippen molar-refractivity contribution in [1.29, 1.82) is 0 Å². The molecule has 0 amide bonds. The molecule has 1 aromatic carbocycles. The van der Waals surface area contributed by atoms with Crippen molar-refractivity contribution in [2.75, 3.05) is 26.2 Å². The Morgan fingerprint density at radius 1 is 1.24 bits per heavy atom. The van der Waals surface area contributed by atoms with Gasteiger partial charge in [0.1, 0.15) is 5.82 Å². The lowest BCUT2D eigenvalue weighted by atomic mass is 10.0. The average Bonchev–Trinajstić information content (AvgIpc) is 2.49. The molecular formula is C17H28BrFN2. The molecule has 1 atom stereocenters. The van der Waals surface area contributed by atoms with Crippen LogP contribution in [-0.4, -0.2) is 37.1 Å². The Balaban J connectivity index is 2.66. The van der Waals surface area contributed by atoms with Gasteiger partial charge in [-0.1, -0.05) is 36.7 Å². The minimum absolute atomic E-state index is 0.107. The first-order valence-corrected chi connectivity index (χ1v) is 8.79. The smallest absolute Gasteiger partial charge is 0.126 e. The molecule has 1 aromatic rings. The van der Waals surface area contributed by atoms with E-state index in [9.17, 15) is 4.39 Å². The first kappa shape index (κ1) is 18.6. The van der Waals surface area contributed by atoms with Gasteiger partial charge < -0.3 is 10.2 Å². The van der Waals surface area contributed by atoms with Gasteiger partial charge in [0, 0.05) is 10.5 Å². The average molecular weight is 359 g/mol. The Bertz CT molecular complexity index is 408. The fourth-order valence-corrected chi connectivity index (χ4v) is 2.88. The molecule has 120 valence electrons. The van der Waals surface area contributed by atoms with Crippen molar-refractivity contribution in [3.8, 4) is 0 Å². The summed E-state index contributed by atoms with van der Waals surface area (Å²) in [6, 6.07) is 5.52.